The zero-order chi connectivity index (χ0) is 19.2. The second-order valence-corrected chi connectivity index (χ2v) is 6.95. The molecular weight excluding hydrogens is 347 g/mol. The van der Waals surface area contributed by atoms with E-state index in [0.717, 1.165) is 0 Å². The second-order valence-electron chi connectivity index (χ2n) is 6.95. The van der Waals surface area contributed by atoms with Crippen LogP contribution >= 0.6 is 0 Å². The van der Waals surface area contributed by atoms with Crippen molar-refractivity contribution < 1.29 is 14.0 Å². The summed E-state index contributed by atoms with van der Waals surface area (Å²) in [5.41, 5.74) is 0.423. The molecule has 9 heteroatoms. The number of anilines is 1. The number of hydrogen-bond donors (Lipinski definition) is 1. The Morgan fingerprint density at radius 1 is 1.33 bits per heavy atom. The van der Waals surface area contributed by atoms with E-state index in [1.54, 1.807) is 24.3 Å². The summed E-state index contributed by atoms with van der Waals surface area (Å²) in [5, 5.41) is 11.5. The van der Waals surface area contributed by atoms with Gasteiger partial charge in [-0.3, -0.25) is 19.6 Å². The third-order valence-electron chi connectivity index (χ3n) is 5.49. The van der Waals surface area contributed by atoms with Gasteiger partial charge in [0.25, 0.3) is 12.6 Å². The van der Waals surface area contributed by atoms with Crippen molar-refractivity contribution in [3.63, 3.8) is 0 Å². The molecule has 136 valence electrons. The molecule has 0 bridgehead atoms. The summed E-state index contributed by atoms with van der Waals surface area (Å²) in [4.78, 5) is 38.6. The monoisotopic (exact) mass is 364 g/mol. The highest BCUT2D eigenvalue weighted by atomic mass is 16.4. The normalized spacial score (nSPS) is 18.8. The maximum absolute atomic E-state index is 12.6. The molecule has 8 nitrogen and oxygen atoms in total. The van der Waals surface area contributed by atoms with E-state index in [2.05, 4.69) is 17.9 Å². The third kappa shape index (κ3) is 2.48. The third-order valence-corrected chi connectivity index (χ3v) is 5.49. The van der Waals surface area contributed by atoms with Gasteiger partial charge in [-0.25, -0.2) is 14.9 Å². The number of rotatable bonds is 3. The van der Waals surface area contributed by atoms with Crippen LogP contribution in [-0.2, 0) is 11.3 Å². The van der Waals surface area contributed by atoms with Gasteiger partial charge in [0.2, 0.25) is 0 Å². The van der Waals surface area contributed by atoms with E-state index in [0.29, 0.717) is 48.8 Å². The number of imide groups is 1. The van der Waals surface area contributed by atoms with E-state index in [9.17, 15) is 14.4 Å². The molecule has 3 heterocycles. The number of aromatic nitrogens is 1. The fraction of sp³-hybridized carbons (Fsp3) is 0.333. The molecule has 2 aromatic rings. The maximum atomic E-state index is 12.6. The SMILES string of the molecule is C=CCn1c(=O)oc2cc(N3C(=O)NC(=O)C34CCB(C#N)CC4)ccc21. The number of hydrogen-bond acceptors (Lipinski definition) is 5. The molecule has 2 saturated heterocycles. The topological polar surface area (TPSA) is 108 Å². The molecule has 3 amide bonds. The van der Waals surface area contributed by atoms with Gasteiger partial charge in [-0.05, 0) is 25.0 Å². The number of fused-ring (bicyclic) bond motifs is 1. The number of urea groups is 1. The Morgan fingerprint density at radius 3 is 2.74 bits per heavy atom. The highest BCUT2D eigenvalue weighted by molar-refractivity contribution is 6.67. The number of nitriles is 1. The van der Waals surface area contributed by atoms with Crippen molar-refractivity contribution >= 4 is 35.4 Å². The van der Waals surface area contributed by atoms with Crippen LogP contribution in [-0.4, -0.2) is 28.8 Å². The van der Waals surface area contributed by atoms with Gasteiger partial charge in [0.1, 0.15) is 5.54 Å². The highest BCUT2D eigenvalue weighted by Crippen LogP contribution is 2.41. The van der Waals surface area contributed by atoms with E-state index in [1.807, 2.05) is 0 Å². The van der Waals surface area contributed by atoms with Gasteiger partial charge in [-0.2, -0.15) is 0 Å². The summed E-state index contributed by atoms with van der Waals surface area (Å²) in [6, 6.07) is 4.51. The second kappa shape index (κ2) is 6.16. The van der Waals surface area contributed by atoms with Crippen LogP contribution in [0.3, 0.4) is 0 Å². The molecule has 2 fully saturated rings. The Bertz CT molecular complexity index is 1060. The predicted octanol–water partition coefficient (Wildman–Crippen LogP) is 1.93. The van der Waals surface area contributed by atoms with Gasteiger partial charge < -0.3 is 4.42 Å². The number of nitrogens with one attached hydrogen (secondary N) is 1. The van der Waals surface area contributed by atoms with Crippen LogP contribution in [0.15, 0.2) is 40.1 Å². The number of carbonyl (C=O) groups excluding carboxylic acids is 2. The van der Waals surface area contributed by atoms with Gasteiger partial charge in [0.15, 0.2) is 5.58 Å². The molecule has 4 rings (SSSR count). The van der Waals surface area contributed by atoms with Crippen LogP contribution < -0.4 is 16.0 Å². The zero-order valence-corrected chi connectivity index (χ0v) is 14.6. The fourth-order valence-electron chi connectivity index (χ4n) is 4.10. The standard InChI is InChI=1S/C18H17BN4O4/c1-2-9-22-13-4-3-12(10-14(13)27-17(22)26)23-16(25)21-15(24)18(23)5-7-19(11-20)8-6-18/h2-4,10H,1,5-9H2,(H,21,24,25). The van der Waals surface area contributed by atoms with Crippen molar-refractivity contribution in [2.24, 2.45) is 0 Å². The van der Waals surface area contributed by atoms with Crippen LogP contribution in [0.25, 0.3) is 11.1 Å². The lowest BCUT2D eigenvalue weighted by molar-refractivity contribution is -0.123. The molecule has 0 atom stereocenters. The molecule has 2 aliphatic heterocycles. The van der Waals surface area contributed by atoms with Crippen molar-refractivity contribution in [1.82, 2.24) is 9.88 Å². The maximum Gasteiger partial charge on any atom is 0.420 e. The molecule has 1 spiro atoms. The van der Waals surface area contributed by atoms with Crippen molar-refractivity contribution in [2.45, 2.75) is 37.6 Å². The summed E-state index contributed by atoms with van der Waals surface area (Å²) in [6.45, 7) is 3.84. The summed E-state index contributed by atoms with van der Waals surface area (Å²) in [5.74, 6) is 1.40. The van der Waals surface area contributed by atoms with Crippen LogP contribution in [0.1, 0.15) is 12.8 Å². The minimum Gasteiger partial charge on any atom is -0.408 e. The first-order valence-electron chi connectivity index (χ1n) is 8.80. The largest absolute Gasteiger partial charge is 0.420 e. The number of nitrogens with zero attached hydrogens (tertiary/aromatic N) is 3. The van der Waals surface area contributed by atoms with E-state index in [-0.39, 0.29) is 12.6 Å². The highest BCUT2D eigenvalue weighted by Gasteiger charge is 2.55. The lowest BCUT2D eigenvalue weighted by Gasteiger charge is -2.38. The van der Waals surface area contributed by atoms with E-state index in [1.165, 1.54) is 9.47 Å². The van der Waals surface area contributed by atoms with Gasteiger partial charge in [0, 0.05) is 18.6 Å². The smallest absolute Gasteiger partial charge is 0.408 e. The van der Waals surface area contributed by atoms with Crippen LogP contribution in [0.2, 0.25) is 12.6 Å². The molecule has 1 aromatic carbocycles. The van der Waals surface area contributed by atoms with E-state index >= 15 is 0 Å². The van der Waals surface area contributed by atoms with Gasteiger partial charge in [-0.1, -0.05) is 18.7 Å². The molecule has 1 aromatic heterocycles. The number of allylic oxidation sites excluding steroid dienone is 1. The fourth-order valence-corrected chi connectivity index (χ4v) is 4.10. The minimum absolute atomic E-state index is 0.102. The Morgan fingerprint density at radius 2 is 2.07 bits per heavy atom. The quantitative estimate of drug-likeness (QED) is 0.509. The van der Waals surface area contributed by atoms with Crippen molar-refractivity contribution in [1.29, 1.82) is 5.26 Å². The number of benzene rings is 1. The molecule has 2 aliphatic rings. The summed E-state index contributed by atoms with van der Waals surface area (Å²) in [6.07, 6.45) is 3.55. The lowest BCUT2D eigenvalue weighted by Crippen LogP contribution is -2.53. The Balaban J connectivity index is 1.78. The van der Waals surface area contributed by atoms with E-state index in [4.69, 9.17) is 9.68 Å². The van der Waals surface area contributed by atoms with Crippen LogP contribution in [0.4, 0.5) is 10.5 Å². The van der Waals surface area contributed by atoms with Crippen molar-refractivity contribution in [2.75, 3.05) is 4.90 Å². The Hall–Kier alpha value is -3.28. The molecule has 0 radical (unpaired) electrons. The first-order valence-corrected chi connectivity index (χ1v) is 8.80. The Kier molecular flexibility index (Phi) is 3.91. The summed E-state index contributed by atoms with van der Waals surface area (Å²) in [7, 11) is 0. The van der Waals surface area contributed by atoms with Gasteiger partial charge >= 0.3 is 11.8 Å². The molecular formula is C18H17BN4O4. The van der Waals surface area contributed by atoms with Gasteiger partial charge in [-0.15, -0.1) is 6.58 Å². The van der Waals surface area contributed by atoms with Crippen molar-refractivity contribution in [3.05, 3.63) is 41.4 Å². The number of amides is 3. The average molecular weight is 364 g/mol. The minimum atomic E-state index is -0.998. The van der Waals surface area contributed by atoms with Crippen molar-refractivity contribution in [3.8, 4) is 5.97 Å². The molecule has 27 heavy (non-hydrogen) atoms. The lowest BCUT2D eigenvalue weighted by atomic mass is 9.40. The first kappa shape index (κ1) is 17.2. The van der Waals surface area contributed by atoms with Crippen LogP contribution in [0.5, 0.6) is 0 Å². The summed E-state index contributed by atoms with van der Waals surface area (Å²) < 4.78 is 6.74. The first-order chi connectivity index (χ1) is 13.0. The van der Waals surface area contributed by atoms with Crippen LogP contribution in [0, 0.1) is 11.2 Å². The molecule has 0 saturated carbocycles. The van der Waals surface area contributed by atoms with E-state index < -0.39 is 17.3 Å². The average Bonchev–Trinajstić information content (AvgIpc) is 3.09. The number of oxazole rings is 1. The Labute approximate surface area is 155 Å². The van der Waals surface area contributed by atoms with Gasteiger partial charge in [0.05, 0.1) is 11.2 Å². The summed E-state index contributed by atoms with van der Waals surface area (Å²) >= 11 is 0. The molecule has 0 unspecified atom stereocenters. The zero-order valence-electron chi connectivity index (χ0n) is 14.6. The predicted molar refractivity (Wildman–Crippen MR) is 99.6 cm³/mol. The molecule has 0 aliphatic carbocycles. The number of carbonyl (C=O) groups is 2. The molecule has 1 N–H and O–H groups in total.